The molecule has 0 heterocycles. The number of benzene rings is 2. The minimum absolute atomic E-state index is 0.0478. The van der Waals surface area contributed by atoms with Gasteiger partial charge in [0.25, 0.3) is 5.91 Å². The van der Waals surface area contributed by atoms with Crippen molar-refractivity contribution in [1.82, 2.24) is 0 Å². The van der Waals surface area contributed by atoms with Crippen molar-refractivity contribution in [1.29, 1.82) is 0 Å². The van der Waals surface area contributed by atoms with Crippen molar-refractivity contribution in [3.8, 4) is 5.75 Å². The maximum atomic E-state index is 12.4. The molecule has 2 aromatic carbocycles. The Balaban J connectivity index is 2.15. The van der Waals surface area contributed by atoms with Gasteiger partial charge in [0.1, 0.15) is 5.75 Å². The number of amides is 1. The Kier molecular flexibility index (Phi) is 5.36. The summed E-state index contributed by atoms with van der Waals surface area (Å²) in [6.45, 7) is 3.74. The standard InChI is InChI=1S/C18H19NO4/c1-3-15(23-16-11-7-4-8-12(16)2)17(20)19-14-10-6-5-9-13(14)18(21)22/h4-11,15H,3H2,1-2H3,(H,19,20)(H,21,22). The van der Waals surface area contributed by atoms with E-state index >= 15 is 0 Å². The molecule has 0 aromatic heterocycles. The summed E-state index contributed by atoms with van der Waals surface area (Å²) in [4.78, 5) is 23.6. The van der Waals surface area contributed by atoms with Crippen molar-refractivity contribution in [3.05, 3.63) is 59.7 Å². The molecule has 0 bridgehead atoms. The first-order valence-electron chi connectivity index (χ1n) is 7.38. The Morgan fingerprint density at radius 1 is 1.13 bits per heavy atom. The first-order chi connectivity index (χ1) is 11.0. The maximum absolute atomic E-state index is 12.4. The van der Waals surface area contributed by atoms with Crippen LogP contribution in [-0.4, -0.2) is 23.1 Å². The van der Waals surface area contributed by atoms with Crippen LogP contribution in [-0.2, 0) is 4.79 Å². The fraction of sp³-hybridized carbons (Fsp3) is 0.222. The minimum Gasteiger partial charge on any atom is -0.480 e. The van der Waals surface area contributed by atoms with Crippen molar-refractivity contribution in [2.45, 2.75) is 26.4 Å². The van der Waals surface area contributed by atoms with Crippen LogP contribution >= 0.6 is 0 Å². The van der Waals surface area contributed by atoms with Gasteiger partial charge in [-0.25, -0.2) is 4.79 Å². The summed E-state index contributed by atoms with van der Waals surface area (Å²) in [6.07, 6.45) is -0.229. The highest BCUT2D eigenvalue weighted by molar-refractivity contribution is 6.01. The third kappa shape index (κ3) is 4.10. The molecule has 2 N–H and O–H groups in total. The second-order valence-electron chi connectivity index (χ2n) is 5.12. The van der Waals surface area contributed by atoms with E-state index < -0.39 is 12.1 Å². The molecule has 5 nitrogen and oxygen atoms in total. The van der Waals surface area contributed by atoms with Crippen molar-refractivity contribution in [3.63, 3.8) is 0 Å². The molecule has 2 rings (SSSR count). The minimum atomic E-state index is -1.09. The second-order valence-corrected chi connectivity index (χ2v) is 5.12. The van der Waals surface area contributed by atoms with Crippen molar-refractivity contribution < 1.29 is 19.4 Å². The van der Waals surface area contributed by atoms with E-state index in [1.54, 1.807) is 24.3 Å². The molecule has 5 heteroatoms. The fourth-order valence-electron chi connectivity index (χ4n) is 2.16. The van der Waals surface area contributed by atoms with Gasteiger partial charge >= 0.3 is 5.97 Å². The van der Waals surface area contributed by atoms with Crippen molar-refractivity contribution in [2.24, 2.45) is 0 Å². The van der Waals surface area contributed by atoms with Crippen molar-refractivity contribution >= 4 is 17.6 Å². The van der Waals surface area contributed by atoms with E-state index in [1.165, 1.54) is 6.07 Å². The van der Waals surface area contributed by atoms with Gasteiger partial charge in [0, 0.05) is 0 Å². The summed E-state index contributed by atoms with van der Waals surface area (Å²) >= 11 is 0. The Hall–Kier alpha value is -2.82. The zero-order valence-corrected chi connectivity index (χ0v) is 13.1. The molecule has 0 aliphatic rings. The molecule has 23 heavy (non-hydrogen) atoms. The number of carbonyl (C=O) groups is 2. The number of nitrogens with one attached hydrogen (secondary N) is 1. The van der Waals surface area contributed by atoms with E-state index in [-0.39, 0.29) is 17.2 Å². The van der Waals surface area contributed by atoms with Crippen molar-refractivity contribution in [2.75, 3.05) is 5.32 Å². The number of ether oxygens (including phenoxy) is 1. The highest BCUT2D eigenvalue weighted by atomic mass is 16.5. The smallest absolute Gasteiger partial charge is 0.337 e. The van der Waals surface area contributed by atoms with Crippen LogP contribution in [0.2, 0.25) is 0 Å². The van der Waals surface area contributed by atoms with E-state index in [0.717, 1.165) is 5.56 Å². The van der Waals surface area contributed by atoms with Crippen LogP contribution in [0.3, 0.4) is 0 Å². The molecule has 0 aliphatic carbocycles. The zero-order valence-electron chi connectivity index (χ0n) is 13.1. The normalized spacial score (nSPS) is 11.6. The van der Waals surface area contributed by atoms with Gasteiger partial charge in [-0.15, -0.1) is 0 Å². The molecule has 1 amide bonds. The number of aryl methyl sites for hydroxylation is 1. The summed E-state index contributed by atoms with van der Waals surface area (Å²) in [7, 11) is 0. The van der Waals surface area contributed by atoms with Crippen LogP contribution < -0.4 is 10.1 Å². The summed E-state index contributed by atoms with van der Waals surface area (Å²) < 4.78 is 5.77. The molecule has 0 aliphatic heterocycles. The summed E-state index contributed by atoms with van der Waals surface area (Å²) in [5.41, 5.74) is 1.24. The first kappa shape index (κ1) is 16.5. The molecule has 0 radical (unpaired) electrons. The number of hydrogen-bond acceptors (Lipinski definition) is 3. The van der Waals surface area contributed by atoms with Gasteiger partial charge in [-0.3, -0.25) is 4.79 Å². The lowest BCUT2D eigenvalue weighted by molar-refractivity contribution is -0.122. The maximum Gasteiger partial charge on any atom is 0.337 e. The Morgan fingerprint density at radius 2 is 1.78 bits per heavy atom. The Morgan fingerprint density at radius 3 is 2.43 bits per heavy atom. The lowest BCUT2D eigenvalue weighted by Crippen LogP contribution is -2.33. The van der Waals surface area contributed by atoms with E-state index in [1.807, 2.05) is 32.0 Å². The van der Waals surface area contributed by atoms with Gasteiger partial charge in [0.15, 0.2) is 6.10 Å². The zero-order chi connectivity index (χ0) is 16.8. The quantitative estimate of drug-likeness (QED) is 0.856. The van der Waals surface area contributed by atoms with E-state index in [2.05, 4.69) is 5.32 Å². The average molecular weight is 313 g/mol. The summed E-state index contributed by atoms with van der Waals surface area (Å²) in [5.74, 6) is -0.820. The molecule has 0 fully saturated rings. The lowest BCUT2D eigenvalue weighted by atomic mass is 10.1. The summed E-state index contributed by atoms with van der Waals surface area (Å²) in [5, 5.41) is 11.8. The highest BCUT2D eigenvalue weighted by Gasteiger charge is 2.21. The molecular formula is C18H19NO4. The molecule has 0 saturated heterocycles. The highest BCUT2D eigenvalue weighted by Crippen LogP contribution is 2.20. The van der Waals surface area contributed by atoms with E-state index in [4.69, 9.17) is 9.84 Å². The number of carbonyl (C=O) groups excluding carboxylic acids is 1. The van der Waals surface area contributed by atoms with Crippen LogP contribution in [0.4, 0.5) is 5.69 Å². The monoisotopic (exact) mass is 313 g/mol. The molecular weight excluding hydrogens is 294 g/mol. The number of carboxylic acids is 1. The number of hydrogen-bond donors (Lipinski definition) is 2. The van der Waals surface area contributed by atoms with Gasteiger partial charge in [-0.1, -0.05) is 37.3 Å². The van der Waals surface area contributed by atoms with Crippen LogP contribution in [0.1, 0.15) is 29.3 Å². The number of anilines is 1. The third-order valence-corrected chi connectivity index (χ3v) is 3.44. The summed E-state index contributed by atoms with van der Waals surface area (Å²) in [6, 6.07) is 13.7. The van der Waals surface area contributed by atoms with Gasteiger partial charge in [0.05, 0.1) is 11.3 Å². The first-order valence-corrected chi connectivity index (χ1v) is 7.38. The van der Waals surface area contributed by atoms with Crippen LogP contribution in [0.5, 0.6) is 5.75 Å². The molecule has 2 aromatic rings. The SMILES string of the molecule is CCC(Oc1ccccc1C)C(=O)Nc1ccccc1C(=O)O. The van der Waals surface area contributed by atoms with Crippen LogP contribution in [0, 0.1) is 6.92 Å². The lowest BCUT2D eigenvalue weighted by Gasteiger charge is -2.19. The fourth-order valence-corrected chi connectivity index (χ4v) is 2.16. The molecule has 0 saturated carbocycles. The largest absolute Gasteiger partial charge is 0.480 e. The van der Waals surface area contributed by atoms with Crippen LogP contribution in [0.25, 0.3) is 0 Å². The van der Waals surface area contributed by atoms with Gasteiger partial charge in [0.2, 0.25) is 0 Å². The number of para-hydroxylation sites is 2. The predicted octanol–water partition coefficient (Wildman–Crippen LogP) is 3.49. The number of aromatic carboxylic acids is 1. The number of carboxylic acid groups (broad SMARTS) is 1. The van der Waals surface area contributed by atoms with Gasteiger partial charge < -0.3 is 15.2 Å². The molecule has 1 atom stereocenters. The molecule has 120 valence electrons. The third-order valence-electron chi connectivity index (χ3n) is 3.44. The predicted molar refractivity (Wildman–Crippen MR) is 87.9 cm³/mol. The van der Waals surface area contributed by atoms with Gasteiger partial charge in [-0.05, 0) is 37.1 Å². The Labute approximate surface area is 134 Å². The van der Waals surface area contributed by atoms with Crippen LogP contribution in [0.15, 0.2) is 48.5 Å². The average Bonchev–Trinajstić information content (AvgIpc) is 2.54. The van der Waals surface area contributed by atoms with Gasteiger partial charge in [-0.2, -0.15) is 0 Å². The van der Waals surface area contributed by atoms with E-state index in [9.17, 15) is 9.59 Å². The molecule has 1 unspecified atom stereocenters. The molecule has 0 spiro atoms. The Bertz CT molecular complexity index is 712. The number of rotatable bonds is 6. The topological polar surface area (TPSA) is 75.6 Å². The second kappa shape index (κ2) is 7.45. The van der Waals surface area contributed by atoms with E-state index in [0.29, 0.717) is 12.2 Å².